The van der Waals surface area contributed by atoms with Crippen molar-refractivity contribution in [2.24, 2.45) is 0 Å². The Morgan fingerprint density at radius 3 is 2.40 bits per heavy atom. The zero-order chi connectivity index (χ0) is 14.5. The van der Waals surface area contributed by atoms with Gasteiger partial charge in [-0.1, -0.05) is 29.8 Å². The van der Waals surface area contributed by atoms with E-state index in [1.165, 1.54) is 5.56 Å². The molecule has 2 aromatic carbocycles. The van der Waals surface area contributed by atoms with Crippen LogP contribution >= 0.6 is 28.1 Å². The number of thiocarbonyl (C=S) groups is 1. The van der Waals surface area contributed by atoms with Crippen molar-refractivity contribution >= 4 is 44.9 Å². The lowest BCUT2D eigenvalue weighted by atomic mass is 10.2. The highest BCUT2D eigenvalue weighted by molar-refractivity contribution is 9.10. The average Bonchev–Trinajstić information content (AvgIpc) is 2.41. The van der Waals surface area contributed by atoms with Gasteiger partial charge in [0.25, 0.3) is 5.91 Å². The summed E-state index contributed by atoms with van der Waals surface area (Å²) in [6.07, 6.45) is 0. The largest absolute Gasteiger partial charge is 0.332 e. The Morgan fingerprint density at radius 2 is 1.75 bits per heavy atom. The molecule has 3 nitrogen and oxygen atoms in total. The third kappa shape index (κ3) is 3.88. The highest BCUT2D eigenvalue weighted by Crippen LogP contribution is 2.15. The van der Waals surface area contributed by atoms with E-state index in [0.717, 1.165) is 10.2 Å². The molecule has 0 fully saturated rings. The van der Waals surface area contributed by atoms with Crippen LogP contribution in [0.5, 0.6) is 0 Å². The van der Waals surface area contributed by atoms with Gasteiger partial charge in [0, 0.05) is 10.2 Å². The van der Waals surface area contributed by atoms with Gasteiger partial charge >= 0.3 is 0 Å². The molecule has 0 atom stereocenters. The maximum atomic E-state index is 12.1. The summed E-state index contributed by atoms with van der Waals surface area (Å²) in [5, 5.41) is 5.90. The van der Waals surface area contributed by atoms with E-state index in [4.69, 9.17) is 12.2 Å². The second kappa shape index (κ2) is 6.63. The van der Waals surface area contributed by atoms with Crippen molar-refractivity contribution in [3.63, 3.8) is 0 Å². The van der Waals surface area contributed by atoms with Crippen molar-refractivity contribution in [2.75, 3.05) is 5.32 Å². The smallest absolute Gasteiger partial charge is 0.258 e. The van der Waals surface area contributed by atoms with Gasteiger partial charge in [0.2, 0.25) is 0 Å². The van der Waals surface area contributed by atoms with Crippen molar-refractivity contribution in [1.82, 2.24) is 5.32 Å². The topological polar surface area (TPSA) is 41.1 Å². The highest BCUT2D eigenvalue weighted by atomic mass is 79.9. The lowest BCUT2D eigenvalue weighted by Gasteiger charge is -2.10. The van der Waals surface area contributed by atoms with Gasteiger partial charge in [0.1, 0.15) is 0 Å². The predicted octanol–water partition coefficient (Wildman–Crippen LogP) is 3.88. The Bertz CT molecular complexity index is 641. The number of nitrogens with one attached hydrogen (secondary N) is 2. The molecule has 0 saturated carbocycles. The van der Waals surface area contributed by atoms with Crippen molar-refractivity contribution < 1.29 is 4.79 Å². The lowest BCUT2D eigenvalue weighted by molar-refractivity contribution is 0.0977. The van der Waals surface area contributed by atoms with Crippen LogP contribution in [-0.4, -0.2) is 11.0 Å². The molecule has 0 bridgehead atoms. The fourth-order valence-corrected chi connectivity index (χ4v) is 2.29. The summed E-state index contributed by atoms with van der Waals surface area (Å²) in [7, 11) is 0. The number of carbonyl (C=O) groups is 1. The SMILES string of the molecule is Cc1ccc(NC(=S)NC(=O)c2ccccc2Br)cc1. The molecular formula is C15H13BrN2OS. The maximum absolute atomic E-state index is 12.1. The third-order valence-electron chi connectivity index (χ3n) is 2.65. The fraction of sp³-hybridized carbons (Fsp3) is 0.0667. The molecule has 1 amide bonds. The Balaban J connectivity index is 2.00. The summed E-state index contributed by atoms with van der Waals surface area (Å²) in [4.78, 5) is 12.1. The molecule has 0 spiro atoms. The minimum atomic E-state index is -0.248. The summed E-state index contributed by atoms with van der Waals surface area (Å²) in [6, 6.07) is 15.0. The number of amides is 1. The standard InChI is InChI=1S/C15H13BrN2OS/c1-10-6-8-11(9-7-10)17-15(20)18-14(19)12-4-2-3-5-13(12)16/h2-9H,1H3,(H2,17,18,19,20). The van der Waals surface area contributed by atoms with Crippen molar-refractivity contribution in [1.29, 1.82) is 0 Å². The van der Waals surface area contributed by atoms with Crippen LogP contribution in [0.3, 0.4) is 0 Å². The molecule has 0 saturated heterocycles. The summed E-state index contributed by atoms with van der Waals surface area (Å²) in [5.41, 5.74) is 2.55. The minimum Gasteiger partial charge on any atom is -0.332 e. The Hall–Kier alpha value is -1.72. The quantitative estimate of drug-likeness (QED) is 0.809. The summed E-state index contributed by atoms with van der Waals surface area (Å²) in [6.45, 7) is 2.01. The summed E-state index contributed by atoms with van der Waals surface area (Å²) < 4.78 is 0.732. The van der Waals surface area contributed by atoms with Crippen LogP contribution in [0.25, 0.3) is 0 Å². The number of rotatable bonds is 2. The number of halogens is 1. The first-order valence-electron chi connectivity index (χ1n) is 6.00. The van der Waals surface area contributed by atoms with E-state index >= 15 is 0 Å². The van der Waals surface area contributed by atoms with Gasteiger partial charge in [-0.05, 0) is 59.3 Å². The molecule has 0 aliphatic carbocycles. The van der Waals surface area contributed by atoms with Crippen molar-refractivity contribution in [3.05, 3.63) is 64.1 Å². The Labute approximate surface area is 131 Å². The molecule has 0 unspecified atom stereocenters. The minimum absolute atomic E-state index is 0.248. The van der Waals surface area contributed by atoms with Crippen LogP contribution < -0.4 is 10.6 Å². The first kappa shape index (κ1) is 14.7. The first-order valence-corrected chi connectivity index (χ1v) is 7.20. The van der Waals surface area contributed by atoms with E-state index in [2.05, 4.69) is 26.6 Å². The van der Waals surface area contributed by atoms with E-state index in [1.807, 2.05) is 43.3 Å². The summed E-state index contributed by atoms with van der Waals surface area (Å²) >= 11 is 8.47. The predicted molar refractivity (Wildman–Crippen MR) is 89.0 cm³/mol. The third-order valence-corrected chi connectivity index (χ3v) is 3.55. The summed E-state index contributed by atoms with van der Waals surface area (Å²) in [5.74, 6) is -0.248. The van der Waals surface area contributed by atoms with E-state index in [1.54, 1.807) is 12.1 Å². The van der Waals surface area contributed by atoms with Gasteiger partial charge in [0.05, 0.1) is 5.56 Å². The van der Waals surface area contributed by atoms with Crippen LogP contribution in [-0.2, 0) is 0 Å². The average molecular weight is 349 g/mol. The van der Waals surface area contributed by atoms with Crippen LogP contribution in [0.4, 0.5) is 5.69 Å². The molecule has 102 valence electrons. The molecule has 0 aromatic heterocycles. The number of anilines is 1. The Morgan fingerprint density at radius 1 is 1.10 bits per heavy atom. The van der Waals surface area contributed by atoms with Gasteiger partial charge in [-0.2, -0.15) is 0 Å². The number of aryl methyl sites for hydroxylation is 1. The van der Waals surface area contributed by atoms with Crippen LogP contribution in [0, 0.1) is 6.92 Å². The molecule has 20 heavy (non-hydrogen) atoms. The van der Waals surface area contributed by atoms with Gasteiger partial charge in [-0.25, -0.2) is 0 Å². The lowest BCUT2D eigenvalue weighted by Crippen LogP contribution is -2.34. The van der Waals surface area contributed by atoms with Crippen molar-refractivity contribution in [3.8, 4) is 0 Å². The molecule has 5 heteroatoms. The fourth-order valence-electron chi connectivity index (χ4n) is 1.62. The van der Waals surface area contributed by atoms with Gasteiger partial charge in [-0.15, -0.1) is 0 Å². The zero-order valence-corrected chi connectivity index (χ0v) is 13.2. The van der Waals surface area contributed by atoms with Crippen molar-refractivity contribution in [2.45, 2.75) is 6.92 Å². The molecule has 2 N–H and O–H groups in total. The van der Waals surface area contributed by atoms with Crippen LogP contribution in [0.2, 0.25) is 0 Å². The molecule has 2 aromatic rings. The molecule has 2 rings (SSSR count). The second-order valence-corrected chi connectivity index (χ2v) is 5.52. The monoisotopic (exact) mass is 348 g/mol. The van der Waals surface area contributed by atoms with E-state index in [9.17, 15) is 4.79 Å². The molecular weight excluding hydrogens is 336 g/mol. The molecule has 0 heterocycles. The first-order chi connectivity index (χ1) is 9.56. The normalized spacial score (nSPS) is 9.90. The number of benzene rings is 2. The van der Waals surface area contributed by atoms with Crippen LogP contribution in [0.15, 0.2) is 53.0 Å². The Kier molecular flexibility index (Phi) is 4.87. The second-order valence-electron chi connectivity index (χ2n) is 4.25. The van der Waals surface area contributed by atoms with Crippen LogP contribution in [0.1, 0.15) is 15.9 Å². The van der Waals surface area contributed by atoms with E-state index in [-0.39, 0.29) is 11.0 Å². The number of hydrogen-bond donors (Lipinski definition) is 2. The van der Waals surface area contributed by atoms with Gasteiger partial charge < -0.3 is 5.32 Å². The zero-order valence-electron chi connectivity index (χ0n) is 10.8. The van der Waals surface area contributed by atoms with E-state index < -0.39 is 0 Å². The van der Waals surface area contributed by atoms with Gasteiger partial charge in [0.15, 0.2) is 5.11 Å². The van der Waals surface area contributed by atoms with E-state index in [0.29, 0.717) is 5.56 Å². The number of carbonyl (C=O) groups excluding carboxylic acids is 1. The van der Waals surface area contributed by atoms with Gasteiger partial charge in [-0.3, -0.25) is 10.1 Å². The molecule has 0 aliphatic rings. The molecule has 0 aliphatic heterocycles. The molecule has 0 radical (unpaired) electrons. The number of hydrogen-bond acceptors (Lipinski definition) is 2. The highest BCUT2D eigenvalue weighted by Gasteiger charge is 2.10. The maximum Gasteiger partial charge on any atom is 0.258 e.